The highest BCUT2D eigenvalue weighted by atomic mass is 32.1. The van der Waals surface area contributed by atoms with Gasteiger partial charge in [-0.1, -0.05) is 20.8 Å². The maximum Gasteiger partial charge on any atom is 0.178 e. The SMILES string of the molecule is CC(C)(C)c1nnc2ccc(N3CC(CNCc4cscn4)C3)nn12. The Labute approximate surface area is 151 Å². The first-order chi connectivity index (χ1) is 12.0. The molecule has 0 radical (unpaired) electrons. The molecule has 0 atom stereocenters. The van der Waals surface area contributed by atoms with E-state index in [1.54, 1.807) is 11.3 Å². The van der Waals surface area contributed by atoms with E-state index in [1.165, 1.54) is 0 Å². The predicted molar refractivity (Wildman–Crippen MR) is 99.0 cm³/mol. The average Bonchev–Trinajstić information content (AvgIpc) is 3.17. The Morgan fingerprint density at radius 2 is 2.08 bits per heavy atom. The summed E-state index contributed by atoms with van der Waals surface area (Å²) in [4.78, 5) is 6.60. The molecule has 1 N–H and O–H groups in total. The van der Waals surface area contributed by atoms with E-state index in [0.29, 0.717) is 5.92 Å². The van der Waals surface area contributed by atoms with Gasteiger partial charge in [-0.3, -0.25) is 0 Å². The summed E-state index contributed by atoms with van der Waals surface area (Å²) in [6.45, 7) is 10.3. The molecule has 3 aromatic heterocycles. The van der Waals surface area contributed by atoms with Gasteiger partial charge in [0, 0.05) is 42.9 Å². The van der Waals surface area contributed by atoms with E-state index in [9.17, 15) is 0 Å². The minimum Gasteiger partial charge on any atom is -0.354 e. The number of hydrogen-bond acceptors (Lipinski definition) is 7. The molecule has 0 amide bonds. The molecule has 4 heterocycles. The monoisotopic (exact) mass is 357 g/mol. The number of thiazole rings is 1. The van der Waals surface area contributed by atoms with Gasteiger partial charge < -0.3 is 10.2 Å². The first-order valence-corrected chi connectivity index (χ1v) is 9.50. The molecule has 0 aromatic carbocycles. The number of hydrogen-bond donors (Lipinski definition) is 1. The lowest BCUT2D eigenvalue weighted by atomic mass is 9.96. The van der Waals surface area contributed by atoms with Crippen LogP contribution in [0.3, 0.4) is 0 Å². The van der Waals surface area contributed by atoms with E-state index < -0.39 is 0 Å². The zero-order valence-electron chi connectivity index (χ0n) is 14.8. The van der Waals surface area contributed by atoms with Gasteiger partial charge >= 0.3 is 0 Å². The van der Waals surface area contributed by atoms with Crippen LogP contribution in [0.25, 0.3) is 5.65 Å². The third-order valence-electron chi connectivity index (χ3n) is 4.42. The molecule has 0 bridgehead atoms. The van der Waals surface area contributed by atoms with Crippen LogP contribution >= 0.6 is 11.3 Å². The van der Waals surface area contributed by atoms with E-state index in [4.69, 9.17) is 5.10 Å². The first kappa shape index (κ1) is 16.4. The van der Waals surface area contributed by atoms with Gasteiger partial charge in [0.2, 0.25) is 0 Å². The molecule has 1 aliphatic rings. The molecular weight excluding hydrogens is 334 g/mol. The van der Waals surface area contributed by atoms with Crippen molar-refractivity contribution in [1.82, 2.24) is 30.1 Å². The van der Waals surface area contributed by atoms with E-state index >= 15 is 0 Å². The number of rotatable bonds is 5. The second-order valence-electron chi connectivity index (χ2n) is 7.62. The zero-order valence-corrected chi connectivity index (χ0v) is 15.6. The Hall–Kier alpha value is -2.06. The molecule has 4 rings (SSSR count). The summed E-state index contributed by atoms with van der Waals surface area (Å²) in [5.41, 5.74) is 3.72. The molecule has 8 heteroatoms. The first-order valence-electron chi connectivity index (χ1n) is 8.56. The molecule has 0 saturated carbocycles. The average molecular weight is 357 g/mol. The van der Waals surface area contributed by atoms with Crippen LogP contribution in [0.5, 0.6) is 0 Å². The van der Waals surface area contributed by atoms with Crippen molar-refractivity contribution in [3.63, 3.8) is 0 Å². The van der Waals surface area contributed by atoms with Crippen LogP contribution in [0.4, 0.5) is 5.82 Å². The number of aromatic nitrogens is 5. The highest BCUT2D eigenvalue weighted by Crippen LogP contribution is 2.25. The summed E-state index contributed by atoms with van der Waals surface area (Å²) in [7, 11) is 0. The van der Waals surface area contributed by atoms with Crippen molar-refractivity contribution < 1.29 is 0 Å². The quantitative estimate of drug-likeness (QED) is 0.754. The molecule has 1 fully saturated rings. The molecule has 0 spiro atoms. The van der Waals surface area contributed by atoms with Gasteiger partial charge in [0.15, 0.2) is 11.5 Å². The second kappa shape index (κ2) is 6.34. The number of fused-ring (bicyclic) bond motifs is 1. The molecule has 1 aliphatic heterocycles. The molecular formula is C17H23N7S. The summed E-state index contributed by atoms with van der Waals surface area (Å²) < 4.78 is 1.88. The Kier molecular flexibility index (Phi) is 4.16. The minimum absolute atomic E-state index is 0.0812. The van der Waals surface area contributed by atoms with Crippen LogP contribution in [0, 0.1) is 5.92 Å². The van der Waals surface area contributed by atoms with Crippen molar-refractivity contribution in [3.8, 4) is 0 Å². The van der Waals surface area contributed by atoms with Crippen molar-refractivity contribution >= 4 is 22.8 Å². The molecule has 132 valence electrons. The fourth-order valence-corrected chi connectivity index (χ4v) is 3.59. The lowest BCUT2D eigenvalue weighted by Crippen LogP contribution is -2.51. The standard InChI is InChI=1S/C17H23N7S/c1-17(2,3)16-21-20-14-4-5-15(22-24(14)16)23-8-12(9-23)6-18-7-13-10-25-11-19-13/h4-5,10-12,18H,6-9H2,1-3H3. The minimum atomic E-state index is -0.0812. The Morgan fingerprint density at radius 1 is 1.24 bits per heavy atom. The molecule has 25 heavy (non-hydrogen) atoms. The maximum atomic E-state index is 4.77. The lowest BCUT2D eigenvalue weighted by Gasteiger charge is -2.40. The maximum absolute atomic E-state index is 4.77. The fourth-order valence-electron chi connectivity index (χ4n) is 3.03. The third kappa shape index (κ3) is 3.36. The third-order valence-corrected chi connectivity index (χ3v) is 5.06. The summed E-state index contributed by atoms with van der Waals surface area (Å²) in [6.07, 6.45) is 0. The summed E-state index contributed by atoms with van der Waals surface area (Å²) in [5, 5.41) is 18.9. The molecule has 0 aliphatic carbocycles. The number of anilines is 1. The van der Waals surface area contributed by atoms with E-state index in [2.05, 4.69) is 51.5 Å². The number of nitrogens with zero attached hydrogens (tertiary/aromatic N) is 6. The van der Waals surface area contributed by atoms with Gasteiger partial charge in [-0.25, -0.2) is 4.98 Å². The van der Waals surface area contributed by atoms with Crippen LogP contribution in [0.1, 0.15) is 32.3 Å². The summed E-state index contributed by atoms with van der Waals surface area (Å²) in [6, 6.07) is 4.04. The van der Waals surface area contributed by atoms with Crippen LogP contribution in [0.15, 0.2) is 23.0 Å². The topological polar surface area (TPSA) is 71.2 Å². The van der Waals surface area contributed by atoms with Crippen molar-refractivity contribution in [2.45, 2.75) is 32.7 Å². The van der Waals surface area contributed by atoms with Gasteiger partial charge in [-0.2, -0.15) is 4.52 Å². The van der Waals surface area contributed by atoms with Crippen LogP contribution in [-0.2, 0) is 12.0 Å². The largest absolute Gasteiger partial charge is 0.354 e. The normalized spacial score (nSPS) is 15.7. The molecule has 0 unspecified atom stereocenters. The highest BCUT2D eigenvalue weighted by molar-refractivity contribution is 7.07. The zero-order chi connectivity index (χ0) is 17.4. The smallest absolute Gasteiger partial charge is 0.178 e. The van der Waals surface area contributed by atoms with E-state index in [0.717, 1.165) is 49.2 Å². The van der Waals surface area contributed by atoms with Crippen molar-refractivity contribution in [2.75, 3.05) is 24.5 Å². The lowest BCUT2D eigenvalue weighted by molar-refractivity contribution is 0.380. The van der Waals surface area contributed by atoms with Crippen molar-refractivity contribution in [1.29, 1.82) is 0 Å². The van der Waals surface area contributed by atoms with Crippen molar-refractivity contribution in [3.05, 3.63) is 34.5 Å². The van der Waals surface area contributed by atoms with Gasteiger partial charge in [-0.15, -0.1) is 26.6 Å². The summed E-state index contributed by atoms with van der Waals surface area (Å²) in [5.74, 6) is 2.54. The highest BCUT2D eigenvalue weighted by Gasteiger charge is 2.28. The molecule has 1 saturated heterocycles. The molecule has 7 nitrogen and oxygen atoms in total. The van der Waals surface area contributed by atoms with E-state index in [1.807, 2.05) is 22.2 Å². The van der Waals surface area contributed by atoms with Gasteiger partial charge in [0.25, 0.3) is 0 Å². The van der Waals surface area contributed by atoms with Crippen molar-refractivity contribution in [2.24, 2.45) is 5.92 Å². The predicted octanol–water partition coefficient (Wildman–Crippen LogP) is 2.10. The van der Waals surface area contributed by atoms with Gasteiger partial charge in [0.05, 0.1) is 11.2 Å². The summed E-state index contributed by atoms with van der Waals surface area (Å²) >= 11 is 1.64. The Balaban J connectivity index is 1.37. The second-order valence-corrected chi connectivity index (χ2v) is 8.34. The Morgan fingerprint density at radius 3 is 2.80 bits per heavy atom. The number of nitrogens with one attached hydrogen (secondary N) is 1. The van der Waals surface area contributed by atoms with E-state index in [-0.39, 0.29) is 5.41 Å². The van der Waals surface area contributed by atoms with Crippen LogP contribution < -0.4 is 10.2 Å². The van der Waals surface area contributed by atoms with Crippen LogP contribution in [-0.4, -0.2) is 44.4 Å². The van der Waals surface area contributed by atoms with Gasteiger partial charge in [-0.05, 0) is 12.1 Å². The van der Waals surface area contributed by atoms with Crippen LogP contribution in [0.2, 0.25) is 0 Å². The van der Waals surface area contributed by atoms with Gasteiger partial charge in [0.1, 0.15) is 5.82 Å². The molecule has 3 aromatic rings. The Bertz CT molecular complexity index is 844. The fraction of sp³-hybridized carbons (Fsp3) is 0.529.